The standard InChI is InChI=1S/C21H18F2N2O2S/c1-27-16-6-3-14(4-7-16)21(8-9-21)19(26)25-20-24-12-17(28-20)10-13-2-5-15(22)11-18(13)23/h2-7,11-12H,8-10H2,1H3,(H,24,25,26). The molecule has 4 nitrogen and oxygen atoms in total. The summed E-state index contributed by atoms with van der Waals surface area (Å²) >= 11 is 1.29. The average Bonchev–Trinajstić information content (AvgIpc) is 3.40. The topological polar surface area (TPSA) is 51.2 Å². The SMILES string of the molecule is COc1ccc(C2(C(=O)Nc3ncc(Cc4ccc(F)cc4F)s3)CC2)cc1. The summed E-state index contributed by atoms with van der Waals surface area (Å²) in [5, 5.41) is 3.36. The number of hydrogen-bond acceptors (Lipinski definition) is 4. The number of rotatable bonds is 6. The number of aromatic nitrogens is 1. The molecule has 0 atom stereocenters. The van der Waals surface area contributed by atoms with E-state index in [1.165, 1.54) is 23.5 Å². The van der Waals surface area contributed by atoms with E-state index in [0.29, 0.717) is 17.1 Å². The number of carbonyl (C=O) groups excluding carboxylic acids is 1. The third kappa shape index (κ3) is 3.62. The Labute approximate surface area is 165 Å². The van der Waals surface area contributed by atoms with Crippen molar-refractivity contribution in [2.24, 2.45) is 0 Å². The van der Waals surface area contributed by atoms with E-state index in [1.54, 1.807) is 13.3 Å². The van der Waals surface area contributed by atoms with E-state index in [2.05, 4.69) is 10.3 Å². The predicted octanol–water partition coefficient (Wildman–Crippen LogP) is 4.69. The number of anilines is 1. The van der Waals surface area contributed by atoms with Gasteiger partial charge in [0.2, 0.25) is 5.91 Å². The molecule has 1 aliphatic rings. The van der Waals surface area contributed by atoms with Crippen LogP contribution in [0, 0.1) is 11.6 Å². The predicted molar refractivity (Wildman–Crippen MR) is 104 cm³/mol. The summed E-state index contributed by atoms with van der Waals surface area (Å²) < 4.78 is 32.0. The lowest BCUT2D eigenvalue weighted by atomic mass is 9.95. The van der Waals surface area contributed by atoms with Gasteiger partial charge < -0.3 is 10.1 Å². The number of ether oxygens (including phenoxy) is 1. The van der Waals surface area contributed by atoms with Crippen LogP contribution in [0.5, 0.6) is 5.75 Å². The van der Waals surface area contributed by atoms with Crippen LogP contribution in [0.2, 0.25) is 0 Å². The highest BCUT2D eigenvalue weighted by Gasteiger charge is 2.51. The summed E-state index contributed by atoms with van der Waals surface area (Å²) in [5.74, 6) is -0.536. The summed E-state index contributed by atoms with van der Waals surface area (Å²) in [6.45, 7) is 0. The molecule has 1 fully saturated rings. The number of hydrogen-bond donors (Lipinski definition) is 1. The molecule has 0 spiro atoms. The second-order valence-electron chi connectivity index (χ2n) is 6.81. The Kier molecular flexibility index (Phi) is 4.85. The van der Waals surface area contributed by atoms with Gasteiger partial charge in [0, 0.05) is 23.6 Å². The zero-order valence-corrected chi connectivity index (χ0v) is 16.0. The molecule has 0 unspecified atom stereocenters. The lowest BCUT2D eigenvalue weighted by Crippen LogP contribution is -2.27. The number of amides is 1. The monoisotopic (exact) mass is 400 g/mol. The lowest BCUT2D eigenvalue weighted by molar-refractivity contribution is -0.118. The van der Waals surface area contributed by atoms with Crippen LogP contribution in [0.1, 0.15) is 28.8 Å². The van der Waals surface area contributed by atoms with Crippen molar-refractivity contribution in [1.29, 1.82) is 0 Å². The van der Waals surface area contributed by atoms with Crippen molar-refractivity contribution in [3.05, 3.63) is 76.3 Å². The summed E-state index contributed by atoms with van der Waals surface area (Å²) in [5.41, 5.74) is 0.817. The Balaban J connectivity index is 1.45. The Hall–Kier alpha value is -2.80. The quantitative estimate of drug-likeness (QED) is 0.653. The molecule has 28 heavy (non-hydrogen) atoms. The Morgan fingerprint density at radius 3 is 2.61 bits per heavy atom. The number of thiazole rings is 1. The van der Waals surface area contributed by atoms with Gasteiger partial charge in [-0.2, -0.15) is 0 Å². The van der Waals surface area contributed by atoms with Crippen LogP contribution in [0.15, 0.2) is 48.7 Å². The second-order valence-corrected chi connectivity index (χ2v) is 7.92. The van der Waals surface area contributed by atoms with E-state index in [1.807, 2.05) is 24.3 Å². The molecule has 7 heteroatoms. The number of nitrogens with zero attached hydrogens (tertiary/aromatic N) is 1. The van der Waals surface area contributed by atoms with Gasteiger partial charge in [0.15, 0.2) is 5.13 Å². The number of carbonyl (C=O) groups is 1. The van der Waals surface area contributed by atoms with Gasteiger partial charge in [-0.1, -0.05) is 18.2 Å². The highest BCUT2D eigenvalue weighted by molar-refractivity contribution is 7.15. The van der Waals surface area contributed by atoms with E-state index in [0.717, 1.165) is 35.1 Å². The van der Waals surface area contributed by atoms with Gasteiger partial charge in [-0.15, -0.1) is 11.3 Å². The first kappa shape index (κ1) is 18.6. The maximum atomic E-state index is 13.8. The van der Waals surface area contributed by atoms with Crippen LogP contribution in [-0.4, -0.2) is 18.0 Å². The van der Waals surface area contributed by atoms with Gasteiger partial charge >= 0.3 is 0 Å². The molecule has 1 aliphatic carbocycles. The Morgan fingerprint density at radius 2 is 1.96 bits per heavy atom. The largest absolute Gasteiger partial charge is 0.497 e. The van der Waals surface area contributed by atoms with Crippen molar-refractivity contribution in [3.63, 3.8) is 0 Å². The minimum atomic E-state index is -0.605. The molecule has 1 amide bonds. The number of halogens is 2. The molecule has 1 saturated carbocycles. The molecule has 1 N–H and O–H groups in total. The normalized spacial score (nSPS) is 14.5. The fourth-order valence-corrected chi connectivity index (χ4v) is 4.03. The van der Waals surface area contributed by atoms with Crippen LogP contribution < -0.4 is 10.1 Å². The first-order valence-corrected chi connectivity index (χ1v) is 9.66. The van der Waals surface area contributed by atoms with Gasteiger partial charge in [0.1, 0.15) is 17.4 Å². The summed E-state index contributed by atoms with van der Waals surface area (Å²) in [6.07, 6.45) is 3.47. The van der Waals surface area contributed by atoms with Crippen molar-refractivity contribution in [2.75, 3.05) is 12.4 Å². The highest BCUT2D eigenvalue weighted by atomic mass is 32.1. The average molecular weight is 400 g/mol. The number of methoxy groups -OCH3 is 1. The Bertz CT molecular complexity index is 1010. The van der Waals surface area contributed by atoms with Gasteiger partial charge in [-0.3, -0.25) is 4.79 Å². The lowest BCUT2D eigenvalue weighted by Gasteiger charge is -2.15. The molecule has 4 rings (SSSR count). The van der Waals surface area contributed by atoms with E-state index in [9.17, 15) is 13.6 Å². The summed E-state index contributed by atoms with van der Waals surface area (Å²) in [7, 11) is 1.60. The van der Waals surface area contributed by atoms with Crippen molar-refractivity contribution >= 4 is 22.4 Å². The van der Waals surface area contributed by atoms with Crippen LogP contribution in [0.3, 0.4) is 0 Å². The van der Waals surface area contributed by atoms with Crippen molar-refractivity contribution < 1.29 is 18.3 Å². The highest BCUT2D eigenvalue weighted by Crippen LogP contribution is 2.49. The van der Waals surface area contributed by atoms with Crippen LogP contribution in [-0.2, 0) is 16.6 Å². The minimum absolute atomic E-state index is 0.0912. The Morgan fingerprint density at radius 1 is 1.21 bits per heavy atom. The molecule has 0 bridgehead atoms. The van der Waals surface area contributed by atoms with Crippen LogP contribution >= 0.6 is 11.3 Å². The first-order valence-electron chi connectivity index (χ1n) is 8.85. The molecular formula is C21H18F2N2O2S. The second kappa shape index (κ2) is 7.31. The fourth-order valence-electron chi connectivity index (χ4n) is 3.20. The van der Waals surface area contributed by atoms with E-state index < -0.39 is 17.0 Å². The minimum Gasteiger partial charge on any atom is -0.497 e. The van der Waals surface area contributed by atoms with Crippen LogP contribution in [0.25, 0.3) is 0 Å². The maximum absolute atomic E-state index is 13.8. The molecular weight excluding hydrogens is 382 g/mol. The molecule has 144 valence electrons. The number of nitrogens with one attached hydrogen (secondary N) is 1. The van der Waals surface area contributed by atoms with E-state index in [4.69, 9.17) is 4.74 Å². The molecule has 0 aliphatic heterocycles. The summed E-state index contributed by atoms with van der Waals surface area (Å²) in [6, 6.07) is 11.0. The van der Waals surface area contributed by atoms with Gasteiger partial charge in [-0.05, 0) is 42.2 Å². The molecule has 0 saturated heterocycles. The first-order chi connectivity index (χ1) is 13.5. The molecule has 1 heterocycles. The van der Waals surface area contributed by atoms with Crippen LogP contribution in [0.4, 0.5) is 13.9 Å². The third-order valence-corrected chi connectivity index (χ3v) is 5.89. The van der Waals surface area contributed by atoms with Gasteiger partial charge in [0.05, 0.1) is 12.5 Å². The zero-order chi connectivity index (χ0) is 19.7. The molecule has 3 aromatic rings. The molecule has 0 radical (unpaired) electrons. The van der Waals surface area contributed by atoms with E-state index >= 15 is 0 Å². The van der Waals surface area contributed by atoms with Gasteiger partial charge in [0.25, 0.3) is 0 Å². The van der Waals surface area contributed by atoms with E-state index in [-0.39, 0.29) is 5.91 Å². The van der Waals surface area contributed by atoms with Crippen molar-refractivity contribution in [1.82, 2.24) is 4.98 Å². The third-order valence-electron chi connectivity index (χ3n) is 4.98. The zero-order valence-electron chi connectivity index (χ0n) is 15.2. The molecule has 1 aromatic heterocycles. The maximum Gasteiger partial charge on any atom is 0.236 e. The van der Waals surface area contributed by atoms with Crippen molar-refractivity contribution in [3.8, 4) is 5.75 Å². The van der Waals surface area contributed by atoms with Gasteiger partial charge in [-0.25, -0.2) is 13.8 Å². The summed E-state index contributed by atoms with van der Waals surface area (Å²) in [4.78, 5) is 17.9. The molecule has 2 aromatic carbocycles. The number of benzene rings is 2. The van der Waals surface area contributed by atoms with Crippen molar-refractivity contribution in [2.45, 2.75) is 24.7 Å². The fraction of sp³-hybridized carbons (Fsp3) is 0.238. The smallest absolute Gasteiger partial charge is 0.236 e.